The van der Waals surface area contributed by atoms with Crippen molar-refractivity contribution in [2.45, 2.75) is 26.2 Å². The first-order chi connectivity index (χ1) is 12.2. The first-order valence-electron chi connectivity index (χ1n) is 8.95. The van der Waals surface area contributed by atoms with Crippen molar-refractivity contribution in [1.29, 1.82) is 0 Å². The molecule has 1 amide bonds. The predicted octanol–water partition coefficient (Wildman–Crippen LogP) is 4.72. The van der Waals surface area contributed by atoms with Gasteiger partial charge in [0.2, 0.25) is 0 Å². The van der Waals surface area contributed by atoms with Crippen molar-refractivity contribution in [2.24, 2.45) is 0 Å². The summed E-state index contributed by atoms with van der Waals surface area (Å²) in [6.07, 6.45) is 3.85. The molecule has 1 aromatic heterocycles. The van der Waals surface area contributed by atoms with Crippen molar-refractivity contribution in [2.75, 3.05) is 23.3 Å². The van der Waals surface area contributed by atoms with E-state index in [0.717, 1.165) is 29.7 Å². The Hall–Kier alpha value is -2.75. The Labute approximate surface area is 147 Å². The van der Waals surface area contributed by atoms with E-state index in [1.54, 1.807) is 0 Å². The Morgan fingerprint density at radius 2 is 1.76 bits per heavy atom. The Morgan fingerprint density at radius 3 is 2.52 bits per heavy atom. The van der Waals surface area contributed by atoms with Gasteiger partial charge in [0, 0.05) is 35.4 Å². The monoisotopic (exact) mass is 333 g/mol. The second kappa shape index (κ2) is 6.63. The number of H-pyrrole nitrogens is 1. The number of rotatable bonds is 3. The number of nitrogens with zero attached hydrogens (tertiary/aromatic N) is 1. The third-order valence-corrected chi connectivity index (χ3v) is 4.87. The SMILES string of the molecule is Cc1ccc2[nH]c(C(=O)Nc3ccc(N4CCCCC4)cc3)cc2c1. The summed E-state index contributed by atoms with van der Waals surface area (Å²) in [6, 6.07) is 16.2. The maximum Gasteiger partial charge on any atom is 0.272 e. The van der Waals surface area contributed by atoms with Crippen LogP contribution in [0.1, 0.15) is 35.3 Å². The van der Waals surface area contributed by atoms with E-state index in [9.17, 15) is 4.79 Å². The third-order valence-electron chi connectivity index (χ3n) is 4.87. The van der Waals surface area contributed by atoms with Crippen LogP contribution in [0.3, 0.4) is 0 Å². The van der Waals surface area contributed by atoms with Gasteiger partial charge < -0.3 is 15.2 Å². The molecule has 0 saturated carbocycles. The van der Waals surface area contributed by atoms with Crippen molar-refractivity contribution in [1.82, 2.24) is 4.98 Å². The molecule has 1 aliphatic heterocycles. The topological polar surface area (TPSA) is 48.1 Å². The van der Waals surface area contributed by atoms with Crippen LogP contribution in [0.4, 0.5) is 11.4 Å². The lowest BCUT2D eigenvalue weighted by Crippen LogP contribution is -2.29. The van der Waals surface area contributed by atoms with Gasteiger partial charge >= 0.3 is 0 Å². The molecule has 0 unspecified atom stereocenters. The minimum absolute atomic E-state index is 0.112. The lowest BCUT2D eigenvalue weighted by molar-refractivity contribution is 0.102. The van der Waals surface area contributed by atoms with Crippen LogP contribution in [0.2, 0.25) is 0 Å². The van der Waals surface area contributed by atoms with E-state index >= 15 is 0 Å². The van der Waals surface area contributed by atoms with Crippen molar-refractivity contribution < 1.29 is 4.79 Å². The molecule has 2 N–H and O–H groups in total. The smallest absolute Gasteiger partial charge is 0.272 e. The van der Waals surface area contributed by atoms with Gasteiger partial charge in [-0.15, -0.1) is 0 Å². The van der Waals surface area contributed by atoms with E-state index in [2.05, 4.69) is 40.3 Å². The molecule has 1 saturated heterocycles. The van der Waals surface area contributed by atoms with E-state index in [4.69, 9.17) is 0 Å². The molecular formula is C21H23N3O. The molecule has 0 aliphatic carbocycles. The number of aromatic nitrogens is 1. The molecule has 4 heteroatoms. The standard InChI is InChI=1S/C21H23N3O/c1-15-5-10-19-16(13-15)14-20(23-19)21(25)22-17-6-8-18(9-7-17)24-11-3-2-4-12-24/h5-10,13-14,23H,2-4,11-12H2,1H3,(H,22,25). The summed E-state index contributed by atoms with van der Waals surface area (Å²) in [5.41, 5.74) is 4.81. The molecule has 4 rings (SSSR count). The number of aromatic amines is 1. The lowest BCUT2D eigenvalue weighted by Gasteiger charge is -2.28. The van der Waals surface area contributed by atoms with Crippen LogP contribution in [0, 0.1) is 6.92 Å². The largest absolute Gasteiger partial charge is 0.372 e. The second-order valence-electron chi connectivity index (χ2n) is 6.82. The summed E-state index contributed by atoms with van der Waals surface area (Å²) in [5.74, 6) is -0.112. The molecule has 3 aromatic rings. The summed E-state index contributed by atoms with van der Waals surface area (Å²) < 4.78 is 0. The van der Waals surface area contributed by atoms with E-state index in [1.165, 1.54) is 30.5 Å². The van der Waals surface area contributed by atoms with Crippen LogP contribution in [0.25, 0.3) is 10.9 Å². The van der Waals surface area contributed by atoms with Crippen molar-refractivity contribution in [3.05, 3.63) is 59.8 Å². The second-order valence-corrected chi connectivity index (χ2v) is 6.82. The zero-order valence-corrected chi connectivity index (χ0v) is 14.5. The number of carbonyl (C=O) groups excluding carboxylic acids is 1. The van der Waals surface area contributed by atoms with Crippen molar-refractivity contribution in [3.63, 3.8) is 0 Å². The molecule has 1 aliphatic rings. The molecule has 0 atom stereocenters. The first-order valence-corrected chi connectivity index (χ1v) is 8.95. The van der Waals surface area contributed by atoms with Gasteiger partial charge in [-0.3, -0.25) is 4.79 Å². The molecular weight excluding hydrogens is 310 g/mol. The molecule has 4 nitrogen and oxygen atoms in total. The molecule has 2 aromatic carbocycles. The van der Waals surface area contributed by atoms with E-state index in [1.807, 2.05) is 30.3 Å². The molecule has 1 fully saturated rings. The number of hydrogen-bond acceptors (Lipinski definition) is 2. The number of nitrogens with one attached hydrogen (secondary N) is 2. The van der Waals surface area contributed by atoms with Gasteiger partial charge in [0.25, 0.3) is 5.91 Å². The average molecular weight is 333 g/mol. The number of amides is 1. The van der Waals surface area contributed by atoms with Gasteiger partial charge in [-0.1, -0.05) is 11.6 Å². The Bertz CT molecular complexity index is 889. The quantitative estimate of drug-likeness (QED) is 0.728. The molecule has 0 spiro atoms. The first kappa shape index (κ1) is 15.8. The molecule has 128 valence electrons. The molecule has 2 heterocycles. The number of hydrogen-bond donors (Lipinski definition) is 2. The zero-order chi connectivity index (χ0) is 17.2. The Balaban J connectivity index is 1.47. The third kappa shape index (κ3) is 3.38. The molecule has 25 heavy (non-hydrogen) atoms. The fourth-order valence-electron chi connectivity index (χ4n) is 3.48. The average Bonchev–Trinajstić information content (AvgIpc) is 3.06. The van der Waals surface area contributed by atoms with Crippen LogP contribution in [0.15, 0.2) is 48.5 Å². The van der Waals surface area contributed by atoms with Gasteiger partial charge in [0.15, 0.2) is 0 Å². The van der Waals surface area contributed by atoms with Crippen LogP contribution in [-0.4, -0.2) is 24.0 Å². The summed E-state index contributed by atoms with van der Waals surface area (Å²) in [7, 11) is 0. The van der Waals surface area contributed by atoms with Crippen LogP contribution in [-0.2, 0) is 0 Å². The number of carbonyl (C=O) groups is 1. The summed E-state index contributed by atoms with van der Waals surface area (Å²) in [4.78, 5) is 18.1. The summed E-state index contributed by atoms with van der Waals surface area (Å²) >= 11 is 0. The number of piperidine rings is 1. The number of aryl methyl sites for hydroxylation is 1. The van der Waals surface area contributed by atoms with Crippen molar-refractivity contribution in [3.8, 4) is 0 Å². The minimum atomic E-state index is -0.112. The van der Waals surface area contributed by atoms with Gasteiger partial charge in [-0.25, -0.2) is 0 Å². The van der Waals surface area contributed by atoms with E-state index in [0.29, 0.717) is 5.69 Å². The Kier molecular flexibility index (Phi) is 4.18. The zero-order valence-electron chi connectivity index (χ0n) is 14.5. The Morgan fingerprint density at radius 1 is 1.00 bits per heavy atom. The van der Waals surface area contributed by atoms with Crippen LogP contribution in [0.5, 0.6) is 0 Å². The molecule has 0 radical (unpaired) electrons. The van der Waals surface area contributed by atoms with E-state index in [-0.39, 0.29) is 5.91 Å². The fourth-order valence-corrected chi connectivity index (χ4v) is 3.48. The maximum atomic E-state index is 12.5. The maximum absolute atomic E-state index is 12.5. The van der Waals surface area contributed by atoms with Gasteiger partial charge in [-0.05, 0) is 68.7 Å². The van der Waals surface area contributed by atoms with Gasteiger partial charge in [0.05, 0.1) is 0 Å². The summed E-state index contributed by atoms with van der Waals surface area (Å²) in [5, 5.41) is 4.04. The van der Waals surface area contributed by atoms with E-state index < -0.39 is 0 Å². The van der Waals surface area contributed by atoms with Crippen LogP contribution >= 0.6 is 0 Å². The summed E-state index contributed by atoms with van der Waals surface area (Å²) in [6.45, 7) is 4.30. The number of fused-ring (bicyclic) bond motifs is 1. The molecule has 0 bridgehead atoms. The van der Waals surface area contributed by atoms with Crippen LogP contribution < -0.4 is 10.2 Å². The fraction of sp³-hybridized carbons (Fsp3) is 0.286. The predicted molar refractivity (Wildman–Crippen MR) is 103 cm³/mol. The van der Waals surface area contributed by atoms with Gasteiger partial charge in [0.1, 0.15) is 5.69 Å². The lowest BCUT2D eigenvalue weighted by atomic mass is 10.1. The normalized spacial score (nSPS) is 14.7. The highest BCUT2D eigenvalue weighted by Crippen LogP contribution is 2.23. The minimum Gasteiger partial charge on any atom is -0.372 e. The van der Waals surface area contributed by atoms with Crippen molar-refractivity contribution >= 4 is 28.2 Å². The number of benzene rings is 2. The number of anilines is 2. The highest BCUT2D eigenvalue weighted by Gasteiger charge is 2.12. The highest BCUT2D eigenvalue weighted by molar-refractivity contribution is 6.06. The highest BCUT2D eigenvalue weighted by atomic mass is 16.1. The van der Waals surface area contributed by atoms with Gasteiger partial charge in [-0.2, -0.15) is 0 Å².